The summed E-state index contributed by atoms with van der Waals surface area (Å²) in [5, 5.41) is 0. The van der Waals surface area contributed by atoms with Gasteiger partial charge in [-0.15, -0.1) is 6.58 Å². The molecule has 0 aromatic carbocycles. The van der Waals surface area contributed by atoms with Crippen LogP contribution in [0.2, 0.25) is 0 Å². The van der Waals surface area contributed by atoms with Crippen molar-refractivity contribution in [2.45, 2.75) is 39.7 Å². The van der Waals surface area contributed by atoms with Gasteiger partial charge >= 0.3 is 8.60 Å². The van der Waals surface area contributed by atoms with Crippen LogP contribution >= 0.6 is 8.60 Å². The van der Waals surface area contributed by atoms with Crippen molar-refractivity contribution in [2.24, 2.45) is 5.92 Å². The van der Waals surface area contributed by atoms with E-state index in [4.69, 9.17) is 24.1 Å². The minimum Gasteiger partial charge on any atom is -0.328 e. The molecule has 2 unspecified atom stereocenters. The lowest BCUT2D eigenvalue weighted by Crippen LogP contribution is -2.32. The Hall–Kier alpha value is -0.880. The quantitative estimate of drug-likeness (QED) is 0.220. The van der Waals surface area contributed by atoms with Gasteiger partial charge in [-0.3, -0.25) is 4.79 Å². The second kappa shape index (κ2) is 10.1. The van der Waals surface area contributed by atoms with E-state index in [1.807, 2.05) is 13.8 Å². The van der Waals surface area contributed by atoms with Crippen LogP contribution in [0, 0.1) is 5.92 Å². The lowest BCUT2D eigenvalue weighted by Gasteiger charge is -2.29. The smallest absolute Gasteiger partial charge is 0.327 e. The van der Waals surface area contributed by atoms with Gasteiger partial charge in [0.25, 0.3) is 0 Å². The Morgan fingerprint density at radius 3 is 2.78 bits per heavy atom. The third-order valence-corrected chi connectivity index (χ3v) is 4.00. The zero-order valence-corrected chi connectivity index (χ0v) is 14.7. The van der Waals surface area contributed by atoms with E-state index in [1.54, 1.807) is 19.1 Å². The normalized spacial score (nSPS) is 22.4. The summed E-state index contributed by atoms with van der Waals surface area (Å²) < 4.78 is 4.88. The van der Waals surface area contributed by atoms with Crippen LogP contribution in [0.25, 0.3) is 0 Å². The van der Waals surface area contributed by atoms with E-state index in [0.29, 0.717) is 18.6 Å². The zero-order valence-electron chi connectivity index (χ0n) is 13.8. The number of carbonyl (C=O) groups excluding carboxylic acids is 1. The third-order valence-electron chi connectivity index (χ3n) is 3.64. The molecular formula is C16H25O6P. The Labute approximate surface area is 138 Å². The molecule has 1 aliphatic carbocycles. The summed E-state index contributed by atoms with van der Waals surface area (Å²) in [6.45, 7) is 9.68. The van der Waals surface area contributed by atoms with E-state index in [0.717, 1.165) is 11.1 Å². The van der Waals surface area contributed by atoms with Crippen LogP contribution in [0.4, 0.5) is 0 Å². The molecule has 0 saturated carbocycles. The summed E-state index contributed by atoms with van der Waals surface area (Å²) in [4.78, 5) is 40.5. The van der Waals surface area contributed by atoms with Gasteiger partial charge in [0, 0.05) is 12.3 Å². The topological polar surface area (TPSA) is 85.2 Å². The van der Waals surface area contributed by atoms with Crippen molar-refractivity contribution in [1.82, 2.24) is 0 Å². The first-order chi connectivity index (χ1) is 10.8. The van der Waals surface area contributed by atoms with Crippen LogP contribution in [0.5, 0.6) is 0 Å². The van der Waals surface area contributed by atoms with Gasteiger partial charge in [-0.05, 0) is 44.4 Å². The zero-order chi connectivity index (χ0) is 17.4. The summed E-state index contributed by atoms with van der Waals surface area (Å²) in [5.41, 5.74) is 2.40. The number of hydrogen-bond acceptors (Lipinski definition) is 6. The molecular weight excluding hydrogens is 319 g/mol. The van der Waals surface area contributed by atoms with Crippen molar-refractivity contribution < 1.29 is 28.9 Å². The van der Waals surface area contributed by atoms with Crippen molar-refractivity contribution >= 4 is 14.4 Å². The molecule has 0 radical (unpaired) electrons. The number of Topliss-reactive ketones (excluding diaryl/α,β-unsaturated/α-hetero) is 1. The van der Waals surface area contributed by atoms with Crippen LogP contribution in [-0.4, -0.2) is 34.9 Å². The molecule has 2 N–H and O–H groups in total. The lowest BCUT2D eigenvalue weighted by molar-refractivity contribution is -0.320. The maximum Gasteiger partial charge on any atom is 0.327 e. The Bertz CT molecular complexity index is 483. The van der Waals surface area contributed by atoms with Crippen LogP contribution in [0.15, 0.2) is 35.5 Å². The van der Waals surface area contributed by atoms with Crippen molar-refractivity contribution in [3.8, 4) is 0 Å². The van der Waals surface area contributed by atoms with Gasteiger partial charge in [0.2, 0.25) is 0 Å². The predicted molar refractivity (Wildman–Crippen MR) is 88.2 cm³/mol. The summed E-state index contributed by atoms with van der Waals surface area (Å²) in [5.74, 6) is -0.220. The fourth-order valence-electron chi connectivity index (χ4n) is 2.25. The maximum absolute atomic E-state index is 12.0. The maximum atomic E-state index is 12.0. The number of allylic oxidation sites excluding steroid dienone is 2. The van der Waals surface area contributed by atoms with Crippen molar-refractivity contribution in [3.63, 3.8) is 0 Å². The SMILES string of the molecule is C=C(C)CCOOC1C=C(C)C(=O)CC1/C(=C\C)COP(O)O. The van der Waals surface area contributed by atoms with Crippen LogP contribution in [0.3, 0.4) is 0 Å². The molecule has 0 fully saturated rings. The lowest BCUT2D eigenvalue weighted by atomic mass is 9.82. The number of hydrogen-bond donors (Lipinski definition) is 2. The first-order valence-corrected chi connectivity index (χ1v) is 8.61. The number of ketones is 1. The van der Waals surface area contributed by atoms with Crippen molar-refractivity contribution in [2.75, 3.05) is 13.2 Å². The molecule has 0 amide bonds. The van der Waals surface area contributed by atoms with Crippen LogP contribution < -0.4 is 0 Å². The highest BCUT2D eigenvalue weighted by molar-refractivity contribution is 7.39. The molecule has 0 saturated heterocycles. The molecule has 0 spiro atoms. The molecule has 0 bridgehead atoms. The first kappa shape index (κ1) is 20.2. The fraction of sp³-hybridized carbons (Fsp3) is 0.562. The molecule has 6 nitrogen and oxygen atoms in total. The van der Waals surface area contributed by atoms with Gasteiger partial charge in [-0.1, -0.05) is 11.6 Å². The molecule has 1 rings (SSSR count). The van der Waals surface area contributed by atoms with Gasteiger partial charge in [0.05, 0.1) is 13.2 Å². The van der Waals surface area contributed by atoms with Gasteiger partial charge in [-0.2, -0.15) is 0 Å². The largest absolute Gasteiger partial charge is 0.328 e. The molecule has 0 aromatic heterocycles. The molecule has 0 aromatic rings. The Morgan fingerprint density at radius 2 is 2.22 bits per heavy atom. The van der Waals surface area contributed by atoms with E-state index in [2.05, 4.69) is 6.58 Å². The van der Waals surface area contributed by atoms with Gasteiger partial charge in [-0.25, -0.2) is 9.78 Å². The van der Waals surface area contributed by atoms with Crippen LogP contribution in [-0.2, 0) is 19.1 Å². The minimum atomic E-state index is -2.44. The summed E-state index contributed by atoms with van der Waals surface area (Å²) in [7, 11) is -2.44. The highest BCUT2D eigenvalue weighted by Gasteiger charge is 2.32. The Balaban J connectivity index is 2.75. The van der Waals surface area contributed by atoms with Crippen LogP contribution in [0.1, 0.15) is 33.6 Å². The molecule has 130 valence electrons. The second-order valence-corrected chi connectivity index (χ2v) is 6.33. The van der Waals surface area contributed by atoms with E-state index in [-0.39, 0.29) is 24.7 Å². The van der Waals surface area contributed by atoms with E-state index >= 15 is 0 Å². The third kappa shape index (κ3) is 7.04. The minimum absolute atomic E-state index is 0.0334. The Kier molecular flexibility index (Phi) is 8.84. The molecule has 1 aliphatic rings. The highest BCUT2D eigenvalue weighted by atomic mass is 31.2. The van der Waals surface area contributed by atoms with E-state index in [9.17, 15) is 4.79 Å². The molecule has 0 aliphatic heterocycles. The highest BCUT2D eigenvalue weighted by Crippen LogP contribution is 2.33. The second-order valence-electron chi connectivity index (χ2n) is 5.56. The molecule has 7 heteroatoms. The summed E-state index contributed by atoms with van der Waals surface area (Å²) in [6.07, 6.45) is 4.08. The molecule has 23 heavy (non-hydrogen) atoms. The average Bonchev–Trinajstić information content (AvgIpc) is 2.47. The first-order valence-electron chi connectivity index (χ1n) is 7.45. The Morgan fingerprint density at radius 1 is 1.52 bits per heavy atom. The van der Waals surface area contributed by atoms with Gasteiger partial charge in [0.1, 0.15) is 6.10 Å². The molecule has 2 atom stereocenters. The fourth-order valence-corrected chi connectivity index (χ4v) is 2.51. The molecule has 0 heterocycles. The van der Waals surface area contributed by atoms with Gasteiger partial charge < -0.3 is 14.3 Å². The summed E-state index contributed by atoms with van der Waals surface area (Å²) >= 11 is 0. The summed E-state index contributed by atoms with van der Waals surface area (Å²) in [6, 6.07) is 0. The average molecular weight is 344 g/mol. The van der Waals surface area contributed by atoms with E-state index in [1.165, 1.54) is 0 Å². The van der Waals surface area contributed by atoms with Crippen molar-refractivity contribution in [1.29, 1.82) is 0 Å². The number of rotatable bonds is 9. The monoisotopic (exact) mass is 344 g/mol. The van der Waals surface area contributed by atoms with Gasteiger partial charge in [0.15, 0.2) is 5.78 Å². The number of carbonyl (C=O) groups is 1. The van der Waals surface area contributed by atoms with E-state index < -0.39 is 14.7 Å². The predicted octanol–water partition coefficient (Wildman–Crippen LogP) is 2.98. The van der Waals surface area contributed by atoms with Crippen molar-refractivity contribution in [3.05, 3.63) is 35.5 Å². The standard InChI is InChI=1S/C16H25O6P/c1-5-13(10-21-23(18)19)14-9-15(17)12(4)8-16(14)22-20-7-6-11(2)3/h5,8,14,16,18-19H,2,6-7,9-10H2,1,3-4H3/b13-5-.